The van der Waals surface area contributed by atoms with Gasteiger partial charge in [-0.2, -0.15) is 0 Å². The van der Waals surface area contributed by atoms with Crippen molar-refractivity contribution < 1.29 is 4.79 Å². The second-order valence-electron chi connectivity index (χ2n) is 6.28. The van der Waals surface area contributed by atoms with Crippen LogP contribution in [0, 0.1) is 5.92 Å². The number of thiophene rings is 1. The summed E-state index contributed by atoms with van der Waals surface area (Å²) in [6, 6.07) is 6.04. The second-order valence-corrected chi connectivity index (χ2v) is 7.19. The van der Waals surface area contributed by atoms with Crippen LogP contribution in [0.5, 0.6) is 0 Å². The number of amides is 1. The lowest BCUT2D eigenvalue weighted by Gasteiger charge is -2.44. The third-order valence-corrected chi connectivity index (χ3v) is 5.69. The predicted octanol–water partition coefficient (Wildman–Crippen LogP) is 2.71. The molecule has 2 aromatic rings. The van der Waals surface area contributed by atoms with Crippen LogP contribution in [-0.2, 0) is 0 Å². The summed E-state index contributed by atoms with van der Waals surface area (Å²) in [4.78, 5) is 19.7. The molecule has 1 amide bonds. The summed E-state index contributed by atoms with van der Waals surface area (Å²) >= 11 is 1.48. The Morgan fingerprint density at radius 2 is 2.00 bits per heavy atom. The minimum absolute atomic E-state index is 0.0523. The van der Waals surface area contributed by atoms with E-state index in [1.54, 1.807) is 12.4 Å². The van der Waals surface area contributed by atoms with E-state index in [1.165, 1.54) is 37.3 Å². The molecule has 6 heteroatoms. The smallest absolute Gasteiger partial charge is 0.261 e. The number of aromatic nitrogens is 1. The van der Waals surface area contributed by atoms with Crippen LogP contribution in [0.1, 0.15) is 22.5 Å². The van der Waals surface area contributed by atoms with Gasteiger partial charge in [-0.3, -0.25) is 9.78 Å². The lowest BCUT2D eigenvalue weighted by Crippen LogP contribution is -2.57. The Balaban J connectivity index is 1.39. The largest absolute Gasteiger partial charge is 0.355 e. The van der Waals surface area contributed by atoms with E-state index in [1.807, 2.05) is 23.6 Å². The number of rotatable bonds is 4. The van der Waals surface area contributed by atoms with Gasteiger partial charge in [0.05, 0.1) is 10.6 Å². The molecule has 3 aliphatic heterocycles. The van der Waals surface area contributed by atoms with Crippen molar-refractivity contribution in [1.29, 1.82) is 0 Å². The van der Waals surface area contributed by atoms with Crippen LogP contribution in [-0.4, -0.2) is 41.5 Å². The van der Waals surface area contributed by atoms with E-state index in [0.717, 1.165) is 22.8 Å². The summed E-state index contributed by atoms with van der Waals surface area (Å²) in [6.45, 7) is 3.38. The van der Waals surface area contributed by atoms with Gasteiger partial charge in [-0.1, -0.05) is 0 Å². The first-order chi connectivity index (χ1) is 11.3. The maximum absolute atomic E-state index is 12.5. The number of pyridine rings is 1. The Morgan fingerprint density at radius 1 is 1.22 bits per heavy atom. The molecule has 5 heterocycles. The Labute approximate surface area is 139 Å². The molecule has 0 aliphatic carbocycles. The number of anilines is 2. The van der Waals surface area contributed by atoms with Crippen LogP contribution < -0.4 is 10.6 Å². The lowest BCUT2D eigenvalue weighted by molar-refractivity contribution is 0.0622. The van der Waals surface area contributed by atoms with Crippen molar-refractivity contribution in [3.05, 3.63) is 40.8 Å². The fraction of sp³-hybridized carbons (Fsp3) is 0.412. The highest BCUT2D eigenvalue weighted by Gasteiger charge is 2.35. The summed E-state index contributed by atoms with van der Waals surface area (Å²) in [6.07, 6.45) is 5.92. The first kappa shape index (κ1) is 14.7. The highest BCUT2D eigenvalue weighted by Crippen LogP contribution is 2.28. The van der Waals surface area contributed by atoms with Crippen molar-refractivity contribution in [2.75, 3.05) is 25.0 Å². The summed E-state index contributed by atoms with van der Waals surface area (Å²) < 4.78 is 0. The van der Waals surface area contributed by atoms with E-state index < -0.39 is 0 Å². The maximum Gasteiger partial charge on any atom is 0.261 e. The SMILES string of the molecule is O=C(N[C@H]1CN2CCC1CC2)c1cc(Nc2ccncc2)cs1. The Bertz CT molecular complexity index is 679. The molecule has 120 valence electrons. The molecule has 0 spiro atoms. The van der Waals surface area contributed by atoms with E-state index in [-0.39, 0.29) is 5.91 Å². The normalized spacial score (nSPS) is 26.0. The number of nitrogens with one attached hydrogen (secondary N) is 2. The minimum Gasteiger partial charge on any atom is -0.355 e. The third-order valence-electron chi connectivity index (χ3n) is 4.76. The highest BCUT2D eigenvalue weighted by molar-refractivity contribution is 7.12. The van der Waals surface area contributed by atoms with Crippen LogP contribution in [0.25, 0.3) is 0 Å². The maximum atomic E-state index is 12.5. The highest BCUT2D eigenvalue weighted by atomic mass is 32.1. The van der Waals surface area contributed by atoms with Crippen molar-refractivity contribution in [3.63, 3.8) is 0 Å². The second kappa shape index (κ2) is 6.29. The number of carbonyl (C=O) groups is 1. The number of fused-ring (bicyclic) bond motifs is 3. The monoisotopic (exact) mass is 328 g/mol. The van der Waals surface area contributed by atoms with Gasteiger partial charge in [0.25, 0.3) is 5.91 Å². The van der Waals surface area contributed by atoms with Gasteiger partial charge in [-0.15, -0.1) is 11.3 Å². The summed E-state index contributed by atoms with van der Waals surface area (Å²) in [5.41, 5.74) is 1.92. The zero-order chi connectivity index (χ0) is 15.6. The van der Waals surface area contributed by atoms with Crippen molar-refractivity contribution >= 4 is 28.6 Å². The molecule has 2 bridgehead atoms. The van der Waals surface area contributed by atoms with Crippen LogP contribution in [0.4, 0.5) is 11.4 Å². The molecular formula is C17H20N4OS. The molecule has 0 aromatic carbocycles. The molecule has 3 aliphatic rings. The first-order valence-electron chi connectivity index (χ1n) is 8.07. The molecule has 5 rings (SSSR count). The fourth-order valence-corrected chi connectivity index (χ4v) is 4.23. The zero-order valence-electron chi connectivity index (χ0n) is 12.9. The van der Waals surface area contributed by atoms with Crippen molar-refractivity contribution in [3.8, 4) is 0 Å². The molecule has 2 N–H and O–H groups in total. The van der Waals surface area contributed by atoms with Gasteiger partial charge in [0, 0.05) is 36.0 Å². The van der Waals surface area contributed by atoms with Crippen LogP contribution in [0.3, 0.4) is 0 Å². The predicted molar refractivity (Wildman–Crippen MR) is 92.3 cm³/mol. The molecule has 0 radical (unpaired) electrons. The minimum atomic E-state index is 0.0523. The standard InChI is InChI=1S/C17H20N4OS/c22-17(20-15-10-21-7-3-12(15)4-8-21)16-9-14(11-23-16)19-13-1-5-18-6-2-13/h1-2,5-6,9,11-12,15H,3-4,7-8,10H2,(H,18,19)(H,20,22)/t15-/m0/s1. The van der Waals surface area contributed by atoms with Gasteiger partial charge in [0.1, 0.15) is 0 Å². The number of hydrogen-bond acceptors (Lipinski definition) is 5. The third kappa shape index (κ3) is 3.23. The van der Waals surface area contributed by atoms with E-state index >= 15 is 0 Å². The molecule has 3 saturated heterocycles. The van der Waals surface area contributed by atoms with E-state index in [4.69, 9.17) is 0 Å². The Hall–Kier alpha value is -1.92. The quantitative estimate of drug-likeness (QED) is 0.906. The molecule has 2 aromatic heterocycles. The average Bonchev–Trinajstić information content (AvgIpc) is 3.05. The Morgan fingerprint density at radius 3 is 2.70 bits per heavy atom. The van der Waals surface area contributed by atoms with Gasteiger partial charge < -0.3 is 15.5 Å². The molecule has 5 nitrogen and oxygen atoms in total. The summed E-state index contributed by atoms with van der Waals surface area (Å²) in [7, 11) is 0. The van der Waals surface area contributed by atoms with E-state index in [9.17, 15) is 4.79 Å². The topological polar surface area (TPSA) is 57.3 Å². The summed E-state index contributed by atoms with van der Waals surface area (Å²) in [5.74, 6) is 0.704. The van der Waals surface area contributed by atoms with Crippen LogP contribution >= 0.6 is 11.3 Å². The van der Waals surface area contributed by atoms with Crippen LogP contribution in [0.15, 0.2) is 36.0 Å². The molecule has 3 fully saturated rings. The first-order valence-corrected chi connectivity index (χ1v) is 8.95. The Kier molecular flexibility index (Phi) is 4.01. The number of hydrogen-bond donors (Lipinski definition) is 2. The van der Waals surface area contributed by atoms with Gasteiger partial charge in [0.15, 0.2) is 0 Å². The molecular weight excluding hydrogens is 308 g/mol. The fourth-order valence-electron chi connectivity index (χ4n) is 3.49. The molecule has 0 unspecified atom stereocenters. The lowest BCUT2D eigenvalue weighted by atomic mass is 9.84. The van der Waals surface area contributed by atoms with Gasteiger partial charge in [-0.05, 0) is 50.0 Å². The summed E-state index contributed by atoms with van der Waals surface area (Å²) in [5, 5.41) is 8.51. The van der Waals surface area contributed by atoms with Gasteiger partial charge in [0.2, 0.25) is 0 Å². The van der Waals surface area contributed by atoms with Crippen molar-refractivity contribution in [2.24, 2.45) is 5.92 Å². The molecule has 0 saturated carbocycles. The van der Waals surface area contributed by atoms with Crippen molar-refractivity contribution in [2.45, 2.75) is 18.9 Å². The van der Waals surface area contributed by atoms with Crippen LogP contribution in [0.2, 0.25) is 0 Å². The molecule has 23 heavy (non-hydrogen) atoms. The number of piperidine rings is 3. The van der Waals surface area contributed by atoms with Gasteiger partial charge >= 0.3 is 0 Å². The average molecular weight is 328 g/mol. The number of carbonyl (C=O) groups excluding carboxylic acids is 1. The molecule has 1 atom stereocenters. The van der Waals surface area contributed by atoms with Gasteiger partial charge in [-0.25, -0.2) is 0 Å². The van der Waals surface area contributed by atoms with Crippen molar-refractivity contribution in [1.82, 2.24) is 15.2 Å². The number of nitrogens with zero attached hydrogens (tertiary/aromatic N) is 2. The van der Waals surface area contributed by atoms with E-state index in [2.05, 4.69) is 20.5 Å². The van der Waals surface area contributed by atoms with E-state index in [0.29, 0.717) is 12.0 Å². The zero-order valence-corrected chi connectivity index (χ0v) is 13.7.